The monoisotopic (exact) mass is 376 g/mol. The van der Waals surface area contributed by atoms with Crippen LogP contribution in [0.2, 0.25) is 0 Å². The lowest BCUT2D eigenvalue weighted by Crippen LogP contribution is -2.46. The zero-order valence-electron chi connectivity index (χ0n) is 16.8. The van der Waals surface area contributed by atoms with Crippen LogP contribution in [-0.2, 0) is 17.8 Å². The first-order chi connectivity index (χ1) is 13.8. The molecule has 2 heterocycles. The van der Waals surface area contributed by atoms with Crippen molar-refractivity contribution >= 4 is 5.78 Å². The fraction of sp³-hybridized carbons (Fsp3) is 0.480. The second kappa shape index (κ2) is 9.49. The Labute approximate surface area is 169 Å². The van der Waals surface area contributed by atoms with Gasteiger partial charge in [0, 0.05) is 44.6 Å². The summed E-state index contributed by atoms with van der Waals surface area (Å²) >= 11 is 0. The second-order valence-corrected chi connectivity index (χ2v) is 8.43. The Morgan fingerprint density at radius 1 is 0.786 bits per heavy atom. The molecule has 2 fully saturated rings. The van der Waals surface area contributed by atoms with E-state index in [1.54, 1.807) is 0 Å². The first-order valence-electron chi connectivity index (χ1n) is 10.9. The van der Waals surface area contributed by atoms with Gasteiger partial charge in [-0.3, -0.25) is 14.6 Å². The number of Topliss-reactive ketones (excluding diaryl/α,β-unsaturated/α-hetero) is 1. The summed E-state index contributed by atoms with van der Waals surface area (Å²) in [4.78, 5) is 17.5. The maximum atomic E-state index is 12.1. The van der Waals surface area contributed by atoms with Crippen molar-refractivity contribution in [2.24, 2.45) is 0 Å². The van der Waals surface area contributed by atoms with Gasteiger partial charge in [0.1, 0.15) is 5.78 Å². The third-order valence-electron chi connectivity index (χ3n) is 6.38. The van der Waals surface area contributed by atoms with Gasteiger partial charge in [0.2, 0.25) is 0 Å². The van der Waals surface area contributed by atoms with Gasteiger partial charge < -0.3 is 0 Å². The van der Waals surface area contributed by atoms with Crippen molar-refractivity contribution in [3.63, 3.8) is 0 Å². The Balaban J connectivity index is 1.11. The zero-order valence-corrected chi connectivity index (χ0v) is 16.8. The number of hydrogen-bond donors (Lipinski definition) is 0. The van der Waals surface area contributed by atoms with Crippen LogP contribution in [0.4, 0.5) is 0 Å². The Kier molecular flexibility index (Phi) is 6.56. The molecule has 2 atom stereocenters. The highest BCUT2D eigenvalue weighted by atomic mass is 16.1. The molecule has 2 aromatic carbocycles. The fourth-order valence-corrected chi connectivity index (χ4v) is 4.81. The number of fused-ring (bicyclic) bond motifs is 2. The van der Waals surface area contributed by atoms with Crippen molar-refractivity contribution in [3.8, 4) is 0 Å². The van der Waals surface area contributed by atoms with Gasteiger partial charge in [-0.05, 0) is 43.4 Å². The standard InChI is InChI=1S/C25H32N2O/c28-25(15-14-21-9-3-1-4-10-21)13-7-8-16-26-19-24-17-23(26)20-27(24)18-22-11-5-2-6-12-22/h1-6,9-12,23-24H,7-8,13-20H2. The number of hydrogen-bond acceptors (Lipinski definition) is 3. The van der Waals surface area contributed by atoms with E-state index in [1.165, 1.54) is 30.6 Å². The molecule has 0 N–H and O–H groups in total. The lowest BCUT2D eigenvalue weighted by molar-refractivity contribution is -0.119. The van der Waals surface area contributed by atoms with E-state index < -0.39 is 0 Å². The molecule has 0 amide bonds. The van der Waals surface area contributed by atoms with E-state index in [0.29, 0.717) is 12.2 Å². The van der Waals surface area contributed by atoms with Crippen molar-refractivity contribution in [2.45, 2.75) is 57.2 Å². The molecule has 28 heavy (non-hydrogen) atoms. The summed E-state index contributed by atoms with van der Waals surface area (Å²) in [6, 6.07) is 22.6. The first-order valence-corrected chi connectivity index (χ1v) is 10.9. The third kappa shape index (κ3) is 5.09. The topological polar surface area (TPSA) is 23.6 Å². The molecule has 4 rings (SSSR count). The van der Waals surface area contributed by atoms with Gasteiger partial charge in [0.25, 0.3) is 0 Å². The molecule has 0 aromatic heterocycles. The minimum atomic E-state index is 0.417. The highest BCUT2D eigenvalue weighted by Gasteiger charge is 2.42. The number of nitrogens with zero attached hydrogens (tertiary/aromatic N) is 2. The molecule has 0 aliphatic carbocycles. The minimum absolute atomic E-state index is 0.417. The van der Waals surface area contributed by atoms with E-state index in [1.807, 2.05) is 18.2 Å². The van der Waals surface area contributed by atoms with Crippen molar-refractivity contribution in [3.05, 3.63) is 71.8 Å². The molecule has 2 aromatic rings. The Bertz CT molecular complexity index is 746. The van der Waals surface area contributed by atoms with Gasteiger partial charge in [-0.2, -0.15) is 0 Å². The molecule has 3 heteroatoms. The number of likely N-dealkylation sites (tertiary alicyclic amines) is 2. The van der Waals surface area contributed by atoms with Crippen molar-refractivity contribution in [1.82, 2.24) is 9.80 Å². The fourth-order valence-electron chi connectivity index (χ4n) is 4.81. The summed E-state index contributed by atoms with van der Waals surface area (Å²) < 4.78 is 0. The molecule has 2 unspecified atom stereocenters. The van der Waals surface area contributed by atoms with E-state index in [4.69, 9.17) is 0 Å². The van der Waals surface area contributed by atoms with Crippen molar-refractivity contribution in [1.29, 1.82) is 0 Å². The maximum Gasteiger partial charge on any atom is 0.133 e. The molecule has 0 spiro atoms. The third-order valence-corrected chi connectivity index (χ3v) is 6.38. The molecular weight excluding hydrogens is 344 g/mol. The highest BCUT2D eigenvalue weighted by Crippen LogP contribution is 2.32. The summed E-state index contributed by atoms with van der Waals surface area (Å²) in [7, 11) is 0. The summed E-state index contributed by atoms with van der Waals surface area (Å²) in [6.45, 7) is 4.66. The quantitative estimate of drug-likeness (QED) is 0.577. The summed E-state index contributed by atoms with van der Waals surface area (Å²) in [5, 5.41) is 0. The number of carbonyl (C=O) groups excluding carboxylic acids is 1. The Hall–Kier alpha value is -1.97. The van der Waals surface area contributed by atoms with Gasteiger partial charge in [-0.25, -0.2) is 0 Å². The average molecular weight is 377 g/mol. The van der Waals surface area contributed by atoms with Crippen LogP contribution in [0.25, 0.3) is 0 Å². The van der Waals surface area contributed by atoms with Gasteiger partial charge >= 0.3 is 0 Å². The number of unbranched alkanes of at least 4 members (excludes halogenated alkanes) is 1. The van der Waals surface area contributed by atoms with Crippen LogP contribution in [0, 0.1) is 0 Å². The van der Waals surface area contributed by atoms with Gasteiger partial charge in [0.05, 0.1) is 0 Å². The first kappa shape index (κ1) is 19.4. The summed E-state index contributed by atoms with van der Waals surface area (Å²) in [5.41, 5.74) is 2.69. The van der Waals surface area contributed by atoms with Crippen LogP contribution in [-0.4, -0.2) is 47.3 Å². The number of carbonyl (C=O) groups is 1. The molecule has 0 saturated carbocycles. The van der Waals surface area contributed by atoms with Crippen LogP contribution < -0.4 is 0 Å². The van der Waals surface area contributed by atoms with E-state index in [0.717, 1.165) is 50.9 Å². The van der Waals surface area contributed by atoms with Crippen LogP contribution in [0.5, 0.6) is 0 Å². The van der Waals surface area contributed by atoms with E-state index in [2.05, 4.69) is 52.3 Å². The largest absolute Gasteiger partial charge is 0.300 e. The minimum Gasteiger partial charge on any atom is -0.300 e. The molecule has 3 nitrogen and oxygen atoms in total. The number of benzene rings is 2. The second-order valence-electron chi connectivity index (χ2n) is 8.43. The average Bonchev–Trinajstić information content (AvgIpc) is 3.31. The van der Waals surface area contributed by atoms with Gasteiger partial charge in [0.15, 0.2) is 0 Å². The predicted octanol–water partition coefficient (Wildman–Crippen LogP) is 4.32. The highest BCUT2D eigenvalue weighted by molar-refractivity contribution is 5.78. The number of rotatable bonds is 10. The summed E-state index contributed by atoms with van der Waals surface area (Å²) in [5.74, 6) is 0.417. The molecule has 148 valence electrons. The van der Waals surface area contributed by atoms with Crippen LogP contribution in [0.15, 0.2) is 60.7 Å². The maximum absolute atomic E-state index is 12.1. The number of piperazine rings is 1. The predicted molar refractivity (Wildman–Crippen MR) is 114 cm³/mol. The molecule has 2 aliphatic heterocycles. The smallest absolute Gasteiger partial charge is 0.133 e. The molecular formula is C25H32N2O. The van der Waals surface area contributed by atoms with E-state index >= 15 is 0 Å². The molecule has 2 aliphatic rings. The molecule has 2 bridgehead atoms. The SMILES string of the molecule is O=C(CCCCN1CC2CC1CN2Cc1ccccc1)CCc1ccccc1. The Morgan fingerprint density at radius 3 is 2.11 bits per heavy atom. The van der Waals surface area contributed by atoms with Crippen molar-refractivity contribution in [2.75, 3.05) is 19.6 Å². The lowest BCUT2D eigenvalue weighted by Gasteiger charge is -2.34. The van der Waals surface area contributed by atoms with Crippen LogP contribution >= 0.6 is 0 Å². The van der Waals surface area contributed by atoms with E-state index in [9.17, 15) is 4.79 Å². The number of aryl methyl sites for hydroxylation is 1. The number of ketones is 1. The summed E-state index contributed by atoms with van der Waals surface area (Å²) in [6.07, 6.45) is 5.83. The Morgan fingerprint density at radius 2 is 1.43 bits per heavy atom. The molecule has 2 saturated heterocycles. The lowest BCUT2D eigenvalue weighted by atomic mass is 10.0. The van der Waals surface area contributed by atoms with Crippen LogP contribution in [0.1, 0.15) is 43.2 Å². The van der Waals surface area contributed by atoms with Crippen molar-refractivity contribution < 1.29 is 4.79 Å². The van der Waals surface area contributed by atoms with Crippen LogP contribution in [0.3, 0.4) is 0 Å². The van der Waals surface area contributed by atoms with Gasteiger partial charge in [-0.1, -0.05) is 60.7 Å². The van der Waals surface area contributed by atoms with Gasteiger partial charge in [-0.15, -0.1) is 0 Å². The normalized spacial score (nSPS) is 22.0. The van der Waals surface area contributed by atoms with E-state index in [-0.39, 0.29) is 0 Å². The molecule has 0 radical (unpaired) electrons. The zero-order chi connectivity index (χ0) is 19.2.